The normalized spacial score (nSPS) is 9.73. The van der Waals surface area contributed by atoms with Crippen molar-refractivity contribution in [3.63, 3.8) is 0 Å². The first kappa shape index (κ1) is 11.6. The molecule has 0 radical (unpaired) electrons. The topological polar surface area (TPSA) is 46.5 Å². The summed E-state index contributed by atoms with van der Waals surface area (Å²) in [6, 6.07) is 4.41. The van der Waals surface area contributed by atoms with E-state index in [1.54, 1.807) is 6.92 Å². The Labute approximate surface area is 92.9 Å². The smallest absolute Gasteiger partial charge is 0.339 e. The van der Waals surface area contributed by atoms with Crippen LogP contribution in [0.4, 0.5) is 0 Å². The number of rotatable bonds is 4. The van der Waals surface area contributed by atoms with Crippen molar-refractivity contribution < 1.29 is 14.6 Å². The molecule has 1 aromatic carbocycles. The molecule has 0 aromatic heterocycles. The zero-order valence-corrected chi connectivity index (χ0v) is 9.04. The molecule has 0 saturated carbocycles. The summed E-state index contributed by atoms with van der Waals surface area (Å²) in [5.74, 6) is -0.776. The molecule has 3 nitrogen and oxygen atoms in total. The number of ether oxygens (including phenoxy) is 1. The molecule has 15 heavy (non-hydrogen) atoms. The summed E-state index contributed by atoms with van der Waals surface area (Å²) < 4.78 is 5.28. The fraction of sp³-hybridized carbons (Fsp3) is 0.182. The highest BCUT2D eigenvalue weighted by Crippen LogP contribution is 2.23. The van der Waals surface area contributed by atoms with Crippen LogP contribution in [0, 0.1) is 0 Å². The van der Waals surface area contributed by atoms with Crippen LogP contribution < -0.4 is 4.74 Å². The molecule has 80 valence electrons. The maximum atomic E-state index is 10.8. The van der Waals surface area contributed by atoms with Gasteiger partial charge >= 0.3 is 5.97 Å². The van der Waals surface area contributed by atoms with Crippen LogP contribution in [-0.2, 0) is 0 Å². The number of aromatic carboxylic acids is 1. The van der Waals surface area contributed by atoms with Gasteiger partial charge in [-0.15, -0.1) is 0 Å². The van der Waals surface area contributed by atoms with E-state index in [1.807, 2.05) is 0 Å². The molecule has 1 N–H and O–H groups in total. The Bertz CT molecular complexity index is 399. The average Bonchev–Trinajstić information content (AvgIpc) is 2.14. The monoisotopic (exact) mass is 226 g/mol. The van der Waals surface area contributed by atoms with E-state index in [0.29, 0.717) is 5.02 Å². The second-order valence-corrected chi connectivity index (χ2v) is 3.63. The highest BCUT2D eigenvalue weighted by molar-refractivity contribution is 6.30. The third-order valence-corrected chi connectivity index (χ3v) is 1.88. The standard InChI is InChI=1S/C11H11ClO3/c1-7(2)6-15-10-5-8(12)3-4-9(10)11(13)14/h3-5H,1,6H2,2H3,(H,13,14). The fourth-order valence-electron chi connectivity index (χ4n) is 0.993. The van der Waals surface area contributed by atoms with Crippen molar-refractivity contribution in [2.24, 2.45) is 0 Å². The molecule has 0 aliphatic heterocycles. The molecule has 0 aliphatic carbocycles. The summed E-state index contributed by atoms with van der Waals surface area (Å²) in [5, 5.41) is 9.32. The molecule has 0 spiro atoms. The van der Waals surface area contributed by atoms with Gasteiger partial charge < -0.3 is 9.84 Å². The predicted octanol–water partition coefficient (Wildman–Crippen LogP) is 2.99. The Morgan fingerprint density at radius 1 is 1.60 bits per heavy atom. The zero-order chi connectivity index (χ0) is 11.4. The molecule has 0 heterocycles. The van der Waals surface area contributed by atoms with Crippen molar-refractivity contribution in [3.8, 4) is 5.75 Å². The van der Waals surface area contributed by atoms with Gasteiger partial charge in [0.2, 0.25) is 0 Å². The summed E-state index contributed by atoms with van der Waals surface area (Å²) in [7, 11) is 0. The van der Waals surface area contributed by atoms with Crippen molar-refractivity contribution >= 4 is 17.6 Å². The van der Waals surface area contributed by atoms with E-state index in [9.17, 15) is 4.79 Å². The van der Waals surface area contributed by atoms with Gasteiger partial charge in [0.05, 0.1) is 0 Å². The minimum absolute atomic E-state index is 0.0978. The Morgan fingerprint density at radius 3 is 2.80 bits per heavy atom. The maximum Gasteiger partial charge on any atom is 0.339 e. The number of hydrogen-bond acceptors (Lipinski definition) is 2. The number of halogens is 1. The van der Waals surface area contributed by atoms with Crippen LogP contribution in [0.15, 0.2) is 30.4 Å². The minimum atomic E-state index is -1.04. The van der Waals surface area contributed by atoms with Gasteiger partial charge in [-0.2, -0.15) is 0 Å². The van der Waals surface area contributed by atoms with E-state index in [-0.39, 0.29) is 17.9 Å². The molecule has 0 unspecified atom stereocenters. The van der Waals surface area contributed by atoms with Crippen LogP contribution in [-0.4, -0.2) is 17.7 Å². The van der Waals surface area contributed by atoms with E-state index in [0.717, 1.165) is 5.57 Å². The van der Waals surface area contributed by atoms with Gasteiger partial charge in [-0.1, -0.05) is 18.2 Å². The van der Waals surface area contributed by atoms with Crippen LogP contribution >= 0.6 is 11.6 Å². The number of carboxylic acid groups (broad SMARTS) is 1. The molecular weight excluding hydrogens is 216 g/mol. The largest absolute Gasteiger partial charge is 0.488 e. The van der Waals surface area contributed by atoms with Gasteiger partial charge in [-0.25, -0.2) is 4.79 Å². The molecule has 0 amide bonds. The van der Waals surface area contributed by atoms with Gasteiger partial charge in [0.1, 0.15) is 17.9 Å². The first-order valence-electron chi connectivity index (χ1n) is 4.30. The summed E-state index contributed by atoms with van der Waals surface area (Å²) in [5.41, 5.74) is 0.909. The van der Waals surface area contributed by atoms with Crippen molar-refractivity contribution in [2.45, 2.75) is 6.92 Å². The molecule has 4 heteroatoms. The Kier molecular flexibility index (Phi) is 3.74. The first-order valence-corrected chi connectivity index (χ1v) is 4.68. The van der Waals surface area contributed by atoms with Crippen molar-refractivity contribution in [2.75, 3.05) is 6.61 Å². The SMILES string of the molecule is C=C(C)COc1cc(Cl)ccc1C(=O)O. The van der Waals surface area contributed by atoms with Gasteiger partial charge in [0.25, 0.3) is 0 Å². The molecule has 0 fully saturated rings. The van der Waals surface area contributed by atoms with Crippen LogP contribution in [0.5, 0.6) is 5.75 Å². The van der Waals surface area contributed by atoms with E-state index in [4.69, 9.17) is 21.4 Å². The van der Waals surface area contributed by atoms with Crippen LogP contribution in [0.3, 0.4) is 0 Å². The van der Waals surface area contributed by atoms with Gasteiger partial charge in [0, 0.05) is 5.02 Å². The van der Waals surface area contributed by atoms with Crippen LogP contribution in [0.2, 0.25) is 5.02 Å². The Morgan fingerprint density at radius 2 is 2.27 bits per heavy atom. The summed E-state index contributed by atoms with van der Waals surface area (Å²) in [6.45, 7) is 5.74. The lowest BCUT2D eigenvalue weighted by molar-refractivity contribution is 0.0692. The van der Waals surface area contributed by atoms with E-state index >= 15 is 0 Å². The lowest BCUT2D eigenvalue weighted by Crippen LogP contribution is -2.04. The number of hydrogen-bond donors (Lipinski definition) is 1. The second kappa shape index (κ2) is 4.84. The van der Waals surface area contributed by atoms with Gasteiger partial charge in [-0.3, -0.25) is 0 Å². The van der Waals surface area contributed by atoms with Crippen molar-refractivity contribution in [1.82, 2.24) is 0 Å². The van der Waals surface area contributed by atoms with E-state index < -0.39 is 5.97 Å². The number of benzene rings is 1. The van der Waals surface area contributed by atoms with E-state index in [2.05, 4.69) is 6.58 Å². The summed E-state index contributed by atoms with van der Waals surface area (Å²) >= 11 is 5.74. The van der Waals surface area contributed by atoms with Crippen LogP contribution in [0.1, 0.15) is 17.3 Å². The highest BCUT2D eigenvalue weighted by Gasteiger charge is 2.11. The predicted molar refractivity (Wildman–Crippen MR) is 58.7 cm³/mol. The molecule has 0 atom stereocenters. The minimum Gasteiger partial charge on any atom is -0.488 e. The number of carbonyl (C=O) groups is 1. The zero-order valence-electron chi connectivity index (χ0n) is 8.29. The molecule has 0 aliphatic rings. The van der Waals surface area contributed by atoms with E-state index in [1.165, 1.54) is 18.2 Å². The molecule has 0 bridgehead atoms. The van der Waals surface area contributed by atoms with Gasteiger partial charge in [-0.05, 0) is 30.7 Å². The Hall–Kier alpha value is -1.48. The lowest BCUT2D eigenvalue weighted by atomic mass is 10.2. The highest BCUT2D eigenvalue weighted by atomic mass is 35.5. The van der Waals surface area contributed by atoms with Crippen molar-refractivity contribution in [3.05, 3.63) is 40.9 Å². The third kappa shape index (κ3) is 3.29. The first-order chi connectivity index (χ1) is 7.00. The maximum absolute atomic E-state index is 10.8. The lowest BCUT2D eigenvalue weighted by Gasteiger charge is -2.08. The quantitative estimate of drug-likeness (QED) is 0.803. The summed E-state index contributed by atoms with van der Waals surface area (Å²) in [6.07, 6.45) is 0. The Balaban J connectivity index is 2.96. The third-order valence-electron chi connectivity index (χ3n) is 1.65. The van der Waals surface area contributed by atoms with Gasteiger partial charge in [0.15, 0.2) is 0 Å². The molecule has 0 saturated heterocycles. The summed E-state index contributed by atoms with van der Waals surface area (Å²) in [4.78, 5) is 10.8. The van der Waals surface area contributed by atoms with Crippen LogP contribution in [0.25, 0.3) is 0 Å². The van der Waals surface area contributed by atoms with Crippen molar-refractivity contribution in [1.29, 1.82) is 0 Å². The average molecular weight is 227 g/mol. The second-order valence-electron chi connectivity index (χ2n) is 3.19. The molecule has 1 rings (SSSR count). The fourth-order valence-corrected chi connectivity index (χ4v) is 1.16. The molecular formula is C11H11ClO3. The number of carboxylic acids is 1. The molecule has 1 aromatic rings.